The van der Waals surface area contributed by atoms with E-state index in [9.17, 15) is 4.79 Å². The molecule has 17 heavy (non-hydrogen) atoms. The first-order valence-corrected chi connectivity index (χ1v) is 5.73. The van der Waals surface area contributed by atoms with Crippen molar-refractivity contribution in [3.05, 3.63) is 28.8 Å². The Balaban J connectivity index is 2.25. The lowest BCUT2D eigenvalue weighted by Crippen LogP contribution is -2.27. The Hall–Kier alpha value is -1.73. The molecule has 0 radical (unpaired) electrons. The highest BCUT2D eigenvalue weighted by atomic mass is 35.5. The molecular weight excluding hydrogens is 238 g/mol. The number of benzene rings is 1. The summed E-state index contributed by atoms with van der Waals surface area (Å²) in [7, 11) is 0. The number of carbonyl (C=O) groups is 1. The number of halogens is 1. The predicted octanol–water partition coefficient (Wildman–Crippen LogP) is 1.52. The van der Waals surface area contributed by atoms with Crippen molar-refractivity contribution >= 4 is 23.2 Å². The summed E-state index contributed by atoms with van der Waals surface area (Å²) in [6.07, 6.45) is 0.739. The largest absolute Gasteiger partial charge is 0.370 e. The highest BCUT2D eigenvalue weighted by molar-refractivity contribution is 6.30. The summed E-state index contributed by atoms with van der Waals surface area (Å²) in [5, 5.41) is 9.59. The van der Waals surface area contributed by atoms with Gasteiger partial charge in [0.25, 0.3) is 0 Å². The Morgan fingerprint density at radius 3 is 2.94 bits per heavy atom. The van der Waals surface area contributed by atoms with Crippen LogP contribution in [0.3, 0.4) is 0 Å². The summed E-state index contributed by atoms with van der Waals surface area (Å²) in [6.45, 7) is 1.32. The Morgan fingerprint density at radius 1 is 1.59 bits per heavy atom. The van der Waals surface area contributed by atoms with Gasteiger partial charge in [-0.25, -0.2) is 0 Å². The van der Waals surface area contributed by atoms with Gasteiger partial charge in [0.2, 0.25) is 5.91 Å². The van der Waals surface area contributed by atoms with Crippen LogP contribution in [-0.4, -0.2) is 19.0 Å². The molecule has 1 aliphatic heterocycles. The van der Waals surface area contributed by atoms with E-state index in [1.807, 2.05) is 11.0 Å². The normalized spacial score (nSPS) is 19.1. The van der Waals surface area contributed by atoms with Crippen molar-refractivity contribution in [1.82, 2.24) is 0 Å². The monoisotopic (exact) mass is 249 g/mol. The van der Waals surface area contributed by atoms with Gasteiger partial charge in [-0.1, -0.05) is 11.6 Å². The van der Waals surface area contributed by atoms with Crippen molar-refractivity contribution in [2.45, 2.75) is 6.42 Å². The van der Waals surface area contributed by atoms with Gasteiger partial charge < -0.3 is 10.6 Å². The van der Waals surface area contributed by atoms with Crippen LogP contribution in [0, 0.1) is 17.2 Å². The van der Waals surface area contributed by atoms with Crippen LogP contribution in [0.25, 0.3) is 0 Å². The molecule has 1 saturated heterocycles. The molecule has 0 aliphatic carbocycles. The Bertz CT molecular complexity index is 495. The van der Waals surface area contributed by atoms with Crippen LogP contribution in [-0.2, 0) is 4.79 Å². The molecule has 4 nitrogen and oxygen atoms in total. The van der Waals surface area contributed by atoms with Crippen LogP contribution in [0.4, 0.5) is 5.69 Å². The van der Waals surface area contributed by atoms with Crippen molar-refractivity contribution in [2.24, 2.45) is 11.7 Å². The van der Waals surface area contributed by atoms with Crippen molar-refractivity contribution in [3.63, 3.8) is 0 Å². The Labute approximate surface area is 105 Å². The van der Waals surface area contributed by atoms with Crippen molar-refractivity contribution in [2.75, 3.05) is 18.0 Å². The zero-order valence-electron chi connectivity index (χ0n) is 9.19. The highest BCUT2D eigenvalue weighted by Gasteiger charge is 2.27. The summed E-state index contributed by atoms with van der Waals surface area (Å²) < 4.78 is 0. The SMILES string of the molecule is N#Cc1cc(Cl)ccc1N1CC[C@@H](C(N)=O)C1. The van der Waals surface area contributed by atoms with Gasteiger partial charge in [0.15, 0.2) is 0 Å². The number of nitriles is 1. The highest BCUT2D eigenvalue weighted by Crippen LogP contribution is 2.28. The predicted molar refractivity (Wildman–Crippen MR) is 65.7 cm³/mol. The molecule has 88 valence electrons. The van der Waals surface area contributed by atoms with Crippen molar-refractivity contribution in [1.29, 1.82) is 5.26 Å². The van der Waals surface area contributed by atoms with Gasteiger partial charge in [0.05, 0.1) is 17.2 Å². The first kappa shape index (κ1) is 11.7. The lowest BCUT2D eigenvalue weighted by molar-refractivity contribution is -0.121. The van der Waals surface area contributed by atoms with Crippen LogP contribution in [0.15, 0.2) is 18.2 Å². The zero-order chi connectivity index (χ0) is 12.4. The van der Waals surface area contributed by atoms with Crippen molar-refractivity contribution in [3.8, 4) is 6.07 Å². The Morgan fingerprint density at radius 2 is 2.35 bits per heavy atom. The van der Waals surface area contributed by atoms with E-state index in [1.165, 1.54) is 0 Å². The quantitative estimate of drug-likeness (QED) is 0.864. The van der Waals surface area contributed by atoms with E-state index in [0.717, 1.165) is 18.7 Å². The van der Waals surface area contributed by atoms with Gasteiger partial charge >= 0.3 is 0 Å². The number of hydrogen-bond acceptors (Lipinski definition) is 3. The third-order valence-corrected chi connectivity index (χ3v) is 3.25. The first-order valence-electron chi connectivity index (χ1n) is 5.35. The van der Waals surface area contributed by atoms with E-state index < -0.39 is 0 Å². The number of amides is 1. The molecule has 0 spiro atoms. The maximum Gasteiger partial charge on any atom is 0.222 e. The lowest BCUT2D eigenvalue weighted by atomic mass is 10.1. The average Bonchev–Trinajstić information content (AvgIpc) is 2.78. The summed E-state index contributed by atoms with van der Waals surface area (Å²) in [5.74, 6) is -0.405. The van der Waals surface area contributed by atoms with Crippen molar-refractivity contribution < 1.29 is 4.79 Å². The third-order valence-electron chi connectivity index (χ3n) is 3.01. The maximum absolute atomic E-state index is 11.1. The van der Waals surface area contributed by atoms with Crippen LogP contribution in [0.5, 0.6) is 0 Å². The minimum atomic E-state index is -0.278. The fourth-order valence-electron chi connectivity index (χ4n) is 2.08. The molecule has 0 aromatic heterocycles. The summed E-state index contributed by atoms with van der Waals surface area (Å²) in [6, 6.07) is 7.30. The number of primary amides is 1. The van der Waals surface area contributed by atoms with Gasteiger partial charge in [0, 0.05) is 18.1 Å². The van der Waals surface area contributed by atoms with Gasteiger partial charge in [-0.2, -0.15) is 5.26 Å². The first-order chi connectivity index (χ1) is 8.11. The number of rotatable bonds is 2. The van der Waals surface area contributed by atoms with Gasteiger partial charge in [-0.15, -0.1) is 0 Å². The third kappa shape index (κ3) is 2.34. The minimum Gasteiger partial charge on any atom is -0.370 e. The molecule has 1 atom stereocenters. The molecule has 0 unspecified atom stereocenters. The summed E-state index contributed by atoms with van der Waals surface area (Å²) in [5.41, 5.74) is 6.63. The molecule has 2 rings (SSSR count). The molecule has 1 fully saturated rings. The molecular formula is C12H12ClN3O. The van der Waals surface area contributed by atoms with Crippen LogP contribution >= 0.6 is 11.6 Å². The van der Waals surface area contributed by atoms with E-state index in [2.05, 4.69) is 6.07 Å². The van der Waals surface area contributed by atoms with E-state index >= 15 is 0 Å². The van der Waals surface area contributed by atoms with E-state index in [-0.39, 0.29) is 11.8 Å². The molecule has 1 amide bonds. The molecule has 0 saturated carbocycles. The Kier molecular flexibility index (Phi) is 3.21. The van der Waals surface area contributed by atoms with E-state index in [1.54, 1.807) is 12.1 Å². The number of nitrogens with two attached hydrogens (primary N) is 1. The minimum absolute atomic E-state index is 0.128. The number of carbonyl (C=O) groups excluding carboxylic acids is 1. The second-order valence-electron chi connectivity index (χ2n) is 4.11. The zero-order valence-corrected chi connectivity index (χ0v) is 9.94. The fourth-order valence-corrected chi connectivity index (χ4v) is 2.26. The fraction of sp³-hybridized carbons (Fsp3) is 0.333. The van der Waals surface area contributed by atoms with Crippen LogP contribution in [0.1, 0.15) is 12.0 Å². The summed E-state index contributed by atoms with van der Waals surface area (Å²) >= 11 is 5.84. The van der Waals surface area contributed by atoms with Gasteiger partial charge in [0.1, 0.15) is 6.07 Å². The molecule has 1 aromatic rings. The second-order valence-corrected chi connectivity index (χ2v) is 4.54. The maximum atomic E-state index is 11.1. The summed E-state index contributed by atoms with van der Waals surface area (Å²) in [4.78, 5) is 13.1. The van der Waals surface area contributed by atoms with Gasteiger partial charge in [-0.3, -0.25) is 4.79 Å². The van der Waals surface area contributed by atoms with E-state index in [0.29, 0.717) is 17.1 Å². The number of hydrogen-bond donors (Lipinski definition) is 1. The van der Waals surface area contributed by atoms with Crippen LogP contribution in [0.2, 0.25) is 5.02 Å². The van der Waals surface area contributed by atoms with Gasteiger partial charge in [-0.05, 0) is 24.6 Å². The topological polar surface area (TPSA) is 70.1 Å². The molecule has 1 heterocycles. The smallest absolute Gasteiger partial charge is 0.222 e. The molecule has 1 aliphatic rings. The standard InChI is InChI=1S/C12H12ClN3O/c13-10-1-2-11(9(5-10)6-14)16-4-3-8(7-16)12(15)17/h1-2,5,8H,3-4,7H2,(H2,15,17)/t8-/m1/s1. The van der Waals surface area contributed by atoms with Crippen LogP contribution < -0.4 is 10.6 Å². The molecule has 5 heteroatoms. The second kappa shape index (κ2) is 4.64. The van der Waals surface area contributed by atoms with E-state index in [4.69, 9.17) is 22.6 Å². The molecule has 1 aromatic carbocycles. The lowest BCUT2D eigenvalue weighted by Gasteiger charge is -2.19. The number of anilines is 1. The molecule has 0 bridgehead atoms. The molecule has 2 N–H and O–H groups in total. The average molecular weight is 250 g/mol. The number of nitrogens with zero attached hydrogens (tertiary/aromatic N) is 2.